The second-order valence-corrected chi connectivity index (χ2v) is 6.47. The SMILES string of the molecule is Cn1cc(NC(=O)c2cc(F)cc(-c3cc(O)c4c(c3)CNCCO4)c2)nn1. The Bertz CT molecular complexity index is 1050. The molecule has 1 aliphatic heterocycles. The molecule has 0 atom stereocenters. The number of carbonyl (C=O) groups excluding carboxylic acids is 1. The third-order valence-electron chi connectivity index (χ3n) is 4.32. The zero-order chi connectivity index (χ0) is 19.7. The Kier molecular flexibility index (Phi) is 4.66. The first-order chi connectivity index (χ1) is 13.5. The van der Waals surface area contributed by atoms with E-state index in [9.17, 15) is 14.3 Å². The number of hydrogen-bond acceptors (Lipinski definition) is 6. The van der Waals surface area contributed by atoms with Gasteiger partial charge in [-0.3, -0.25) is 9.48 Å². The second kappa shape index (κ2) is 7.28. The maximum Gasteiger partial charge on any atom is 0.257 e. The number of ether oxygens (including phenoxy) is 1. The number of fused-ring (bicyclic) bond motifs is 1. The third kappa shape index (κ3) is 3.65. The van der Waals surface area contributed by atoms with Gasteiger partial charge in [0.2, 0.25) is 0 Å². The van der Waals surface area contributed by atoms with Gasteiger partial charge in [0.15, 0.2) is 17.3 Å². The molecular weight excluding hydrogens is 365 g/mol. The Balaban J connectivity index is 1.68. The lowest BCUT2D eigenvalue weighted by molar-refractivity contribution is 0.102. The van der Waals surface area contributed by atoms with E-state index in [1.807, 2.05) is 6.07 Å². The van der Waals surface area contributed by atoms with Crippen LogP contribution in [0.15, 0.2) is 36.5 Å². The molecule has 2 aromatic carbocycles. The van der Waals surface area contributed by atoms with Gasteiger partial charge in [0, 0.05) is 31.3 Å². The van der Waals surface area contributed by atoms with Crippen molar-refractivity contribution in [2.24, 2.45) is 7.05 Å². The molecule has 3 N–H and O–H groups in total. The molecule has 0 saturated heterocycles. The Labute approximate surface area is 159 Å². The largest absolute Gasteiger partial charge is 0.504 e. The molecule has 3 aromatic rings. The summed E-state index contributed by atoms with van der Waals surface area (Å²) in [6.45, 7) is 1.63. The van der Waals surface area contributed by atoms with E-state index in [2.05, 4.69) is 20.9 Å². The van der Waals surface area contributed by atoms with E-state index in [-0.39, 0.29) is 17.1 Å². The Morgan fingerprint density at radius 1 is 1.29 bits per heavy atom. The van der Waals surface area contributed by atoms with Crippen LogP contribution < -0.4 is 15.4 Å². The average molecular weight is 383 g/mol. The maximum atomic E-state index is 14.2. The number of phenols is 1. The summed E-state index contributed by atoms with van der Waals surface area (Å²) in [6.07, 6.45) is 1.54. The highest BCUT2D eigenvalue weighted by Gasteiger charge is 2.17. The van der Waals surface area contributed by atoms with Gasteiger partial charge < -0.3 is 20.5 Å². The van der Waals surface area contributed by atoms with Crippen molar-refractivity contribution in [3.05, 3.63) is 53.5 Å². The van der Waals surface area contributed by atoms with Gasteiger partial charge in [0.05, 0.1) is 6.20 Å². The minimum atomic E-state index is -0.564. The van der Waals surface area contributed by atoms with E-state index in [0.29, 0.717) is 36.6 Å². The lowest BCUT2D eigenvalue weighted by Crippen LogP contribution is -2.16. The van der Waals surface area contributed by atoms with Crippen LogP contribution in [0.25, 0.3) is 11.1 Å². The van der Waals surface area contributed by atoms with Crippen LogP contribution in [0.5, 0.6) is 11.5 Å². The Morgan fingerprint density at radius 3 is 2.89 bits per heavy atom. The number of aromatic nitrogens is 3. The van der Waals surface area contributed by atoms with Crippen molar-refractivity contribution in [1.29, 1.82) is 0 Å². The molecule has 8 nitrogen and oxygen atoms in total. The number of aromatic hydroxyl groups is 1. The summed E-state index contributed by atoms with van der Waals surface area (Å²) in [5, 5.41) is 23.6. The lowest BCUT2D eigenvalue weighted by atomic mass is 9.99. The van der Waals surface area contributed by atoms with Crippen molar-refractivity contribution in [2.75, 3.05) is 18.5 Å². The number of halogens is 1. The van der Waals surface area contributed by atoms with Gasteiger partial charge >= 0.3 is 0 Å². The van der Waals surface area contributed by atoms with Crippen molar-refractivity contribution in [1.82, 2.24) is 20.3 Å². The zero-order valence-electron chi connectivity index (χ0n) is 15.1. The molecule has 144 valence electrons. The summed E-state index contributed by atoms with van der Waals surface area (Å²) in [5.74, 6) is -0.406. The van der Waals surface area contributed by atoms with Crippen LogP contribution in [0.4, 0.5) is 10.2 Å². The highest BCUT2D eigenvalue weighted by atomic mass is 19.1. The van der Waals surface area contributed by atoms with E-state index >= 15 is 0 Å². The summed E-state index contributed by atoms with van der Waals surface area (Å²) in [4.78, 5) is 12.5. The number of phenolic OH excluding ortho intramolecular Hbond substituents is 1. The van der Waals surface area contributed by atoms with Crippen molar-refractivity contribution in [2.45, 2.75) is 6.54 Å². The number of aryl methyl sites for hydroxylation is 1. The molecule has 0 fully saturated rings. The fourth-order valence-corrected chi connectivity index (χ4v) is 3.07. The molecule has 0 unspecified atom stereocenters. The molecule has 0 spiro atoms. The first kappa shape index (κ1) is 17.9. The molecular formula is C19H18FN5O3. The predicted molar refractivity (Wildman–Crippen MR) is 99.7 cm³/mol. The summed E-state index contributed by atoms with van der Waals surface area (Å²) in [7, 11) is 1.67. The molecule has 0 aliphatic carbocycles. The fourth-order valence-electron chi connectivity index (χ4n) is 3.07. The van der Waals surface area contributed by atoms with Gasteiger partial charge in [0.25, 0.3) is 5.91 Å². The molecule has 0 saturated carbocycles. The van der Waals surface area contributed by atoms with Crippen LogP contribution in [-0.2, 0) is 13.6 Å². The standard InChI is InChI=1S/C19H18FN5O3/c1-25-10-17(23-24-25)22-19(27)13-4-11(6-15(20)7-13)12-5-14-9-21-2-3-28-18(14)16(26)8-12/h4-8,10,21,26H,2-3,9H2,1H3,(H,22,27). The zero-order valence-corrected chi connectivity index (χ0v) is 15.1. The second-order valence-electron chi connectivity index (χ2n) is 6.47. The van der Waals surface area contributed by atoms with Crippen molar-refractivity contribution >= 4 is 11.7 Å². The van der Waals surface area contributed by atoms with Crippen LogP contribution in [0.2, 0.25) is 0 Å². The van der Waals surface area contributed by atoms with Crippen LogP contribution in [0, 0.1) is 5.82 Å². The monoisotopic (exact) mass is 383 g/mol. The molecule has 2 heterocycles. The maximum absolute atomic E-state index is 14.2. The van der Waals surface area contributed by atoms with Gasteiger partial charge in [-0.15, -0.1) is 5.10 Å². The first-order valence-corrected chi connectivity index (χ1v) is 8.67. The number of nitrogens with one attached hydrogen (secondary N) is 2. The molecule has 4 rings (SSSR count). The highest BCUT2D eigenvalue weighted by molar-refractivity contribution is 6.04. The van der Waals surface area contributed by atoms with Gasteiger partial charge in [0.1, 0.15) is 12.4 Å². The quantitative estimate of drug-likeness (QED) is 0.640. The van der Waals surface area contributed by atoms with E-state index in [4.69, 9.17) is 4.74 Å². The van der Waals surface area contributed by atoms with Crippen molar-refractivity contribution in [3.63, 3.8) is 0 Å². The number of hydrogen-bond donors (Lipinski definition) is 3. The number of nitrogens with zero attached hydrogens (tertiary/aromatic N) is 3. The smallest absolute Gasteiger partial charge is 0.257 e. The summed E-state index contributed by atoms with van der Waals surface area (Å²) in [5.41, 5.74) is 1.94. The topological polar surface area (TPSA) is 101 Å². The molecule has 9 heteroatoms. The predicted octanol–water partition coefficient (Wildman–Crippen LogP) is 2.06. The van der Waals surface area contributed by atoms with Crippen molar-refractivity contribution in [3.8, 4) is 22.6 Å². The first-order valence-electron chi connectivity index (χ1n) is 8.67. The van der Waals surface area contributed by atoms with Gasteiger partial charge in [-0.05, 0) is 41.5 Å². The Hall–Kier alpha value is -3.46. The number of anilines is 1. The molecule has 0 radical (unpaired) electrons. The van der Waals surface area contributed by atoms with Gasteiger partial charge in [-0.1, -0.05) is 5.21 Å². The average Bonchev–Trinajstić information content (AvgIpc) is 2.91. The van der Waals surface area contributed by atoms with E-state index in [0.717, 1.165) is 11.6 Å². The normalized spacial score (nSPS) is 13.4. The summed E-state index contributed by atoms with van der Waals surface area (Å²) in [6, 6.07) is 7.32. The van der Waals surface area contributed by atoms with E-state index < -0.39 is 11.7 Å². The Morgan fingerprint density at radius 2 is 2.11 bits per heavy atom. The summed E-state index contributed by atoms with van der Waals surface area (Å²) < 4.78 is 21.2. The molecule has 1 aliphatic rings. The minimum absolute atomic E-state index is 0.0222. The lowest BCUT2D eigenvalue weighted by Gasteiger charge is -2.12. The number of carbonyl (C=O) groups is 1. The number of benzene rings is 2. The summed E-state index contributed by atoms with van der Waals surface area (Å²) >= 11 is 0. The third-order valence-corrected chi connectivity index (χ3v) is 4.32. The molecule has 0 bridgehead atoms. The highest BCUT2D eigenvalue weighted by Crippen LogP contribution is 2.37. The van der Waals surface area contributed by atoms with Gasteiger partial charge in [-0.25, -0.2) is 4.39 Å². The van der Waals surface area contributed by atoms with Crippen LogP contribution in [-0.4, -0.2) is 39.2 Å². The molecule has 1 aromatic heterocycles. The van der Waals surface area contributed by atoms with Gasteiger partial charge in [-0.2, -0.15) is 0 Å². The minimum Gasteiger partial charge on any atom is -0.504 e. The van der Waals surface area contributed by atoms with Crippen LogP contribution in [0.1, 0.15) is 15.9 Å². The van der Waals surface area contributed by atoms with Crippen molar-refractivity contribution < 1.29 is 19.0 Å². The number of amides is 1. The van der Waals surface area contributed by atoms with Crippen LogP contribution >= 0.6 is 0 Å². The van der Waals surface area contributed by atoms with E-state index in [1.165, 1.54) is 23.0 Å². The molecule has 28 heavy (non-hydrogen) atoms. The van der Waals surface area contributed by atoms with Crippen LogP contribution in [0.3, 0.4) is 0 Å². The number of rotatable bonds is 3. The molecule has 1 amide bonds. The van der Waals surface area contributed by atoms with E-state index in [1.54, 1.807) is 13.1 Å². The fraction of sp³-hybridized carbons (Fsp3) is 0.211.